The molecule has 0 saturated heterocycles. The number of carbonyl (C=O) groups excluding carboxylic acids is 1. The molecular weight excluding hydrogens is 354 g/mol. The minimum atomic E-state index is -0.119. The molecule has 0 radical (unpaired) electrons. The topological polar surface area (TPSA) is 72.7 Å². The van der Waals surface area contributed by atoms with Gasteiger partial charge in [0.2, 0.25) is 5.91 Å². The van der Waals surface area contributed by atoms with Crippen LogP contribution in [0.3, 0.4) is 0 Å². The van der Waals surface area contributed by atoms with E-state index in [-0.39, 0.29) is 11.7 Å². The Morgan fingerprint density at radius 3 is 2.76 bits per heavy atom. The molecule has 0 atom stereocenters. The molecule has 4 aromatic rings. The summed E-state index contributed by atoms with van der Waals surface area (Å²) in [6.45, 7) is 0. The first kappa shape index (κ1) is 15.8. The lowest BCUT2D eigenvalue weighted by atomic mass is 10.3. The molecule has 2 heterocycles. The van der Waals surface area contributed by atoms with E-state index >= 15 is 0 Å². The average Bonchev–Trinajstić information content (AvgIpc) is 3.26. The number of carbonyl (C=O) groups is 1. The van der Waals surface area contributed by atoms with Crippen molar-refractivity contribution in [2.24, 2.45) is 0 Å². The summed E-state index contributed by atoms with van der Waals surface area (Å²) in [5, 5.41) is 12.2. The van der Waals surface area contributed by atoms with Crippen molar-refractivity contribution in [1.82, 2.24) is 19.7 Å². The molecule has 2 aromatic heterocycles. The van der Waals surface area contributed by atoms with E-state index < -0.39 is 0 Å². The molecule has 1 N–H and O–H groups in total. The summed E-state index contributed by atoms with van der Waals surface area (Å²) in [7, 11) is 0. The van der Waals surface area contributed by atoms with Crippen LogP contribution in [0.25, 0.3) is 15.9 Å². The summed E-state index contributed by atoms with van der Waals surface area (Å²) < 4.78 is 2.91. The van der Waals surface area contributed by atoms with Gasteiger partial charge in [0.05, 0.1) is 16.0 Å². The molecule has 0 aliphatic heterocycles. The number of thiazole rings is 1. The van der Waals surface area contributed by atoms with Crippen LogP contribution in [0.1, 0.15) is 0 Å². The van der Waals surface area contributed by atoms with Gasteiger partial charge in [-0.1, -0.05) is 53.4 Å². The van der Waals surface area contributed by atoms with Crippen molar-refractivity contribution in [1.29, 1.82) is 0 Å². The van der Waals surface area contributed by atoms with Crippen molar-refractivity contribution in [3.8, 4) is 5.69 Å². The Morgan fingerprint density at radius 2 is 1.92 bits per heavy atom. The van der Waals surface area contributed by atoms with Gasteiger partial charge < -0.3 is 5.32 Å². The van der Waals surface area contributed by atoms with E-state index in [2.05, 4.69) is 20.5 Å². The maximum atomic E-state index is 12.2. The molecule has 6 nitrogen and oxygen atoms in total. The molecule has 4 rings (SSSR count). The maximum Gasteiger partial charge on any atom is 0.236 e. The summed E-state index contributed by atoms with van der Waals surface area (Å²) in [5.74, 6) is 0.119. The second kappa shape index (κ2) is 7.04. The van der Waals surface area contributed by atoms with Crippen molar-refractivity contribution >= 4 is 44.4 Å². The number of fused-ring (bicyclic) bond motifs is 1. The monoisotopic (exact) mass is 367 g/mol. The second-order valence-corrected chi connectivity index (χ2v) is 7.12. The largest absolute Gasteiger partial charge is 0.301 e. The Kier molecular flexibility index (Phi) is 4.45. The predicted molar refractivity (Wildman–Crippen MR) is 100 cm³/mol. The van der Waals surface area contributed by atoms with Crippen LogP contribution in [0, 0.1) is 0 Å². The van der Waals surface area contributed by atoms with Crippen LogP contribution >= 0.6 is 23.1 Å². The lowest BCUT2D eigenvalue weighted by Crippen LogP contribution is -2.14. The first-order valence-electron chi connectivity index (χ1n) is 7.53. The van der Waals surface area contributed by atoms with Crippen LogP contribution in [0.5, 0.6) is 0 Å². The third-order valence-corrected chi connectivity index (χ3v) is 5.32. The van der Waals surface area contributed by atoms with Gasteiger partial charge in [-0.2, -0.15) is 0 Å². The lowest BCUT2D eigenvalue weighted by Gasteiger charge is -2.05. The van der Waals surface area contributed by atoms with Crippen LogP contribution in [-0.4, -0.2) is 31.4 Å². The van der Waals surface area contributed by atoms with Gasteiger partial charge >= 0.3 is 0 Å². The number of benzene rings is 2. The van der Waals surface area contributed by atoms with Gasteiger partial charge in [0.15, 0.2) is 10.3 Å². The van der Waals surface area contributed by atoms with Crippen LogP contribution in [0.15, 0.2) is 66.1 Å². The van der Waals surface area contributed by atoms with Gasteiger partial charge in [-0.15, -0.1) is 10.2 Å². The number of nitrogens with zero attached hydrogens (tertiary/aromatic N) is 4. The van der Waals surface area contributed by atoms with Crippen molar-refractivity contribution in [2.75, 3.05) is 11.1 Å². The molecule has 0 bridgehead atoms. The summed E-state index contributed by atoms with van der Waals surface area (Å²) >= 11 is 2.80. The van der Waals surface area contributed by atoms with Gasteiger partial charge in [-0.25, -0.2) is 4.98 Å². The van der Waals surface area contributed by atoms with Crippen LogP contribution in [-0.2, 0) is 4.79 Å². The first-order chi connectivity index (χ1) is 12.3. The fraction of sp³-hybridized carbons (Fsp3) is 0.0588. The molecule has 124 valence electrons. The van der Waals surface area contributed by atoms with E-state index in [9.17, 15) is 4.79 Å². The normalized spacial score (nSPS) is 10.9. The molecule has 0 spiro atoms. The number of hydrogen-bond acceptors (Lipinski definition) is 6. The number of para-hydroxylation sites is 2. The van der Waals surface area contributed by atoms with Gasteiger partial charge in [0, 0.05) is 5.69 Å². The van der Waals surface area contributed by atoms with Crippen LogP contribution in [0.4, 0.5) is 5.13 Å². The van der Waals surface area contributed by atoms with Crippen molar-refractivity contribution < 1.29 is 4.79 Å². The second-order valence-electron chi connectivity index (χ2n) is 5.14. The SMILES string of the molecule is O=C(CSc1nncn1-c1ccccc1)Nc1nc2ccccc2s1. The van der Waals surface area contributed by atoms with E-state index in [1.165, 1.54) is 23.1 Å². The molecule has 8 heteroatoms. The van der Waals surface area contributed by atoms with E-state index in [0.29, 0.717) is 10.3 Å². The maximum absolute atomic E-state index is 12.2. The Bertz CT molecular complexity index is 979. The molecule has 1 amide bonds. The first-order valence-corrected chi connectivity index (χ1v) is 9.33. The van der Waals surface area contributed by atoms with E-state index in [1.54, 1.807) is 6.33 Å². The number of anilines is 1. The number of thioether (sulfide) groups is 1. The molecule has 0 aliphatic rings. The smallest absolute Gasteiger partial charge is 0.236 e. The fourth-order valence-corrected chi connectivity index (χ4v) is 3.91. The number of aromatic nitrogens is 4. The van der Waals surface area contributed by atoms with Crippen LogP contribution in [0.2, 0.25) is 0 Å². The number of amides is 1. The highest BCUT2D eigenvalue weighted by Gasteiger charge is 2.12. The highest BCUT2D eigenvalue weighted by molar-refractivity contribution is 7.99. The zero-order valence-corrected chi connectivity index (χ0v) is 14.6. The van der Waals surface area contributed by atoms with Gasteiger partial charge in [0.1, 0.15) is 6.33 Å². The standard InChI is InChI=1S/C17H13N5OS2/c23-15(20-16-19-13-8-4-5-9-14(13)25-16)10-24-17-21-18-11-22(17)12-6-2-1-3-7-12/h1-9,11H,10H2,(H,19,20,23). The number of rotatable bonds is 5. The average molecular weight is 367 g/mol. The minimum Gasteiger partial charge on any atom is -0.301 e. The number of hydrogen-bond donors (Lipinski definition) is 1. The molecule has 2 aromatic carbocycles. The Labute approximate surface area is 151 Å². The Hall–Kier alpha value is -2.71. The molecule has 0 saturated carbocycles. The highest BCUT2D eigenvalue weighted by atomic mass is 32.2. The zero-order valence-electron chi connectivity index (χ0n) is 13.0. The zero-order chi connectivity index (χ0) is 17.1. The Balaban J connectivity index is 1.42. The third-order valence-electron chi connectivity index (χ3n) is 3.42. The lowest BCUT2D eigenvalue weighted by molar-refractivity contribution is -0.113. The van der Waals surface area contributed by atoms with E-state index in [1.807, 2.05) is 59.2 Å². The predicted octanol–water partition coefficient (Wildman–Crippen LogP) is 3.61. The van der Waals surface area contributed by atoms with Crippen molar-refractivity contribution in [3.05, 3.63) is 60.9 Å². The quantitative estimate of drug-likeness (QED) is 0.546. The van der Waals surface area contributed by atoms with Gasteiger partial charge in [0.25, 0.3) is 0 Å². The fourth-order valence-electron chi connectivity index (χ4n) is 2.30. The molecule has 0 fully saturated rings. The molecular formula is C17H13N5OS2. The summed E-state index contributed by atoms with van der Waals surface area (Å²) in [5.41, 5.74) is 1.85. The summed E-state index contributed by atoms with van der Waals surface area (Å²) in [4.78, 5) is 16.6. The van der Waals surface area contributed by atoms with Crippen molar-refractivity contribution in [2.45, 2.75) is 5.16 Å². The van der Waals surface area contributed by atoms with Gasteiger partial charge in [-0.3, -0.25) is 9.36 Å². The van der Waals surface area contributed by atoms with Gasteiger partial charge in [-0.05, 0) is 24.3 Å². The third kappa shape index (κ3) is 3.54. The number of nitrogens with one attached hydrogen (secondary N) is 1. The molecule has 25 heavy (non-hydrogen) atoms. The minimum absolute atomic E-state index is 0.119. The summed E-state index contributed by atoms with van der Waals surface area (Å²) in [6, 6.07) is 17.6. The van der Waals surface area contributed by atoms with E-state index in [0.717, 1.165) is 15.9 Å². The summed E-state index contributed by atoms with van der Waals surface area (Å²) in [6.07, 6.45) is 1.64. The van der Waals surface area contributed by atoms with Crippen LogP contribution < -0.4 is 5.32 Å². The Morgan fingerprint density at radius 1 is 1.12 bits per heavy atom. The van der Waals surface area contributed by atoms with E-state index in [4.69, 9.17) is 0 Å². The highest BCUT2D eigenvalue weighted by Crippen LogP contribution is 2.26. The van der Waals surface area contributed by atoms with Crippen molar-refractivity contribution in [3.63, 3.8) is 0 Å². The molecule has 0 aliphatic carbocycles. The molecule has 0 unspecified atom stereocenters.